The van der Waals surface area contributed by atoms with Crippen molar-refractivity contribution in [2.75, 3.05) is 13.2 Å². The molecule has 0 saturated carbocycles. The summed E-state index contributed by atoms with van der Waals surface area (Å²) in [6.45, 7) is 6.51. The maximum absolute atomic E-state index is 12.7. The summed E-state index contributed by atoms with van der Waals surface area (Å²) in [4.78, 5) is 37.8. The lowest BCUT2D eigenvalue weighted by molar-refractivity contribution is -0.167. The molecule has 0 aromatic heterocycles. The fraction of sp³-hybridized carbons (Fsp3) is 0.820. The van der Waals surface area contributed by atoms with Gasteiger partial charge in [0.05, 0.1) is 0 Å². The number of ether oxygens (including phenoxy) is 3. The van der Waals surface area contributed by atoms with E-state index in [9.17, 15) is 14.4 Å². The standard InChI is InChI=1S/C50H90O6/c1-4-7-10-13-16-19-22-23-24-25-26-27-29-31-34-37-40-43-49(52)55-46-47(45-54-48(51)42-39-36-33-30-21-18-15-12-9-6-3)56-50(53)44-41-38-35-32-28-20-17-14-11-8-5-2/h7,10,16,19,23-24,47H,4-6,8-9,11-15,17-18,20-22,25-46H2,1-3H3/b10-7-,19-16-,24-23-. The van der Waals surface area contributed by atoms with Crippen LogP contribution in [0.15, 0.2) is 36.5 Å². The fourth-order valence-corrected chi connectivity index (χ4v) is 6.81. The summed E-state index contributed by atoms with van der Waals surface area (Å²) in [5.41, 5.74) is 0. The van der Waals surface area contributed by atoms with Crippen LogP contribution in [0.3, 0.4) is 0 Å². The van der Waals surface area contributed by atoms with E-state index in [-0.39, 0.29) is 31.1 Å². The van der Waals surface area contributed by atoms with Crippen LogP contribution in [0.1, 0.15) is 245 Å². The average Bonchev–Trinajstić information content (AvgIpc) is 3.19. The van der Waals surface area contributed by atoms with E-state index in [0.29, 0.717) is 19.3 Å². The predicted molar refractivity (Wildman–Crippen MR) is 238 cm³/mol. The first-order valence-corrected chi connectivity index (χ1v) is 24.0. The molecule has 56 heavy (non-hydrogen) atoms. The van der Waals surface area contributed by atoms with E-state index in [1.807, 2.05) is 0 Å². The zero-order valence-corrected chi connectivity index (χ0v) is 37.2. The molecule has 0 saturated heterocycles. The van der Waals surface area contributed by atoms with Gasteiger partial charge in [-0.2, -0.15) is 0 Å². The number of carbonyl (C=O) groups excluding carboxylic acids is 3. The molecule has 1 atom stereocenters. The monoisotopic (exact) mass is 787 g/mol. The molecule has 0 amide bonds. The first-order valence-electron chi connectivity index (χ1n) is 24.0. The number of rotatable bonds is 43. The molecule has 0 aliphatic heterocycles. The van der Waals surface area contributed by atoms with Crippen molar-refractivity contribution in [1.82, 2.24) is 0 Å². The number of hydrogen-bond donors (Lipinski definition) is 0. The van der Waals surface area contributed by atoms with E-state index in [4.69, 9.17) is 14.2 Å². The maximum Gasteiger partial charge on any atom is 0.306 e. The van der Waals surface area contributed by atoms with E-state index in [1.54, 1.807) is 0 Å². The molecule has 0 aliphatic rings. The van der Waals surface area contributed by atoms with Crippen molar-refractivity contribution < 1.29 is 28.6 Å². The molecule has 0 heterocycles. The van der Waals surface area contributed by atoms with E-state index in [0.717, 1.165) is 83.5 Å². The van der Waals surface area contributed by atoms with Crippen LogP contribution in [0, 0.1) is 0 Å². The van der Waals surface area contributed by atoms with Gasteiger partial charge < -0.3 is 14.2 Å². The Morgan fingerprint density at radius 1 is 0.375 bits per heavy atom. The van der Waals surface area contributed by atoms with E-state index >= 15 is 0 Å². The topological polar surface area (TPSA) is 78.9 Å². The van der Waals surface area contributed by atoms with Crippen LogP contribution in [-0.2, 0) is 28.6 Å². The third-order valence-electron chi connectivity index (χ3n) is 10.4. The van der Waals surface area contributed by atoms with Gasteiger partial charge in [-0.3, -0.25) is 14.4 Å². The van der Waals surface area contributed by atoms with Crippen molar-refractivity contribution in [1.29, 1.82) is 0 Å². The zero-order chi connectivity index (χ0) is 40.8. The SMILES string of the molecule is CC/C=C\C/C=C\C/C=C\CCCCCCCCCC(=O)OCC(COC(=O)CCCCCCCCCCCC)OC(=O)CCCCCCCCCCCCC. The van der Waals surface area contributed by atoms with Gasteiger partial charge >= 0.3 is 17.9 Å². The van der Waals surface area contributed by atoms with Crippen molar-refractivity contribution in [2.45, 2.75) is 252 Å². The number of allylic oxidation sites excluding steroid dienone is 6. The van der Waals surface area contributed by atoms with Crippen LogP contribution in [0.5, 0.6) is 0 Å². The van der Waals surface area contributed by atoms with Crippen LogP contribution in [0.4, 0.5) is 0 Å². The molecule has 0 fully saturated rings. The summed E-state index contributed by atoms with van der Waals surface area (Å²) in [5, 5.41) is 0. The summed E-state index contributed by atoms with van der Waals surface area (Å²) < 4.78 is 16.7. The second kappa shape index (κ2) is 45.3. The first-order chi connectivity index (χ1) is 27.5. The maximum atomic E-state index is 12.7. The summed E-state index contributed by atoms with van der Waals surface area (Å²) in [7, 11) is 0. The molecule has 0 aromatic carbocycles. The Labute approximate surface area is 346 Å². The van der Waals surface area contributed by atoms with Crippen LogP contribution in [-0.4, -0.2) is 37.2 Å². The third kappa shape index (κ3) is 42.8. The van der Waals surface area contributed by atoms with E-state index in [1.165, 1.54) is 122 Å². The molecular weight excluding hydrogens is 697 g/mol. The molecule has 6 nitrogen and oxygen atoms in total. The summed E-state index contributed by atoms with van der Waals surface area (Å²) in [5.74, 6) is -0.878. The summed E-state index contributed by atoms with van der Waals surface area (Å²) >= 11 is 0. The predicted octanol–water partition coefficient (Wildman–Crippen LogP) is 15.4. The molecule has 1 unspecified atom stereocenters. The van der Waals surface area contributed by atoms with Crippen molar-refractivity contribution >= 4 is 17.9 Å². The summed E-state index contributed by atoms with van der Waals surface area (Å²) in [6, 6.07) is 0. The smallest absolute Gasteiger partial charge is 0.306 e. The van der Waals surface area contributed by atoms with Gasteiger partial charge in [-0.15, -0.1) is 0 Å². The second-order valence-corrected chi connectivity index (χ2v) is 16.0. The van der Waals surface area contributed by atoms with Crippen LogP contribution >= 0.6 is 0 Å². The fourth-order valence-electron chi connectivity index (χ4n) is 6.81. The van der Waals surface area contributed by atoms with Crippen LogP contribution in [0.25, 0.3) is 0 Å². The molecule has 326 valence electrons. The van der Waals surface area contributed by atoms with Gasteiger partial charge in [-0.1, -0.05) is 211 Å². The lowest BCUT2D eigenvalue weighted by Crippen LogP contribution is -2.30. The van der Waals surface area contributed by atoms with E-state index < -0.39 is 6.10 Å². The van der Waals surface area contributed by atoms with Gasteiger partial charge in [-0.25, -0.2) is 0 Å². The average molecular weight is 787 g/mol. The van der Waals surface area contributed by atoms with Gasteiger partial charge in [0.2, 0.25) is 0 Å². The molecule has 0 rings (SSSR count). The van der Waals surface area contributed by atoms with E-state index in [2.05, 4.69) is 57.2 Å². The van der Waals surface area contributed by atoms with Crippen molar-refractivity contribution in [3.05, 3.63) is 36.5 Å². The zero-order valence-electron chi connectivity index (χ0n) is 37.2. The Morgan fingerprint density at radius 3 is 1.09 bits per heavy atom. The number of carbonyl (C=O) groups is 3. The van der Waals surface area contributed by atoms with Crippen molar-refractivity contribution in [3.8, 4) is 0 Å². The van der Waals surface area contributed by atoms with Gasteiger partial charge in [0.25, 0.3) is 0 Å². The van der Waals surface area contributed by atoms with Crippen LogP contribution < -0.4 is 0 Å². The van der Waals surface area contributed by atoms with Crippen molar-refractivity contribution in [3.63, 3.8) is 0 Å². The Hall–Kier alpha value is -2.37. The number of unbranched alkanes of at least 4 members (excludes halogenated alkanes) is 26. The molecule has 0 aliphatic carbocycles. The largest absolute Gasteiger partial charge is 0.462 e. The third-order valence-corrected chi connectivity index (χ3v) is 10.4. The highest BCUT2D eigenvalue weighted by Crippen LogP contribution is 2.15. The molecule has 0 radical (unpaired) electrons. The van der Waals surface area contributed by atoms with Gasteiger partial charge in [0, 0.05) is 19.3 Å². The Balaban J connectivity index is 4.32. The van der Waals surface area contributed by atoms with Crippen LogP contribution in [0.2, 0.25) is 0 Å². The minimum absolute atomic E-state index is 0.0718. The van der Waals surface area contributed by atoms with Gasteiger partial charge in [0.1, 0.15) is 13.2 Å². The first kappa shape index (κ1) is 53.6. The molecule has 6 heteroatoms. The lowest BCUT2D eigenvalue weighted by atomic mass is 10.1. The molecular formula is C50H90O6. The highest BCUT2D eigenvalue weighted by Gasteiger charge is 2.19. The normalized spacial score (nSPS) is 12.3. The summed E-state index contributed by atoms with van der Waals surface area (Å²) in [6.07, 6.45) is 51.2. The molecule has 0 aromatic rings. The quantitative estimate of drug-likeness (QED) is 0.0265. The Kier molecular flexibility index (Phi) is 43.4. The highest BCUT2D eigenvalue weighted by molar-refractivity contribution is 5.71. The second-order valence-electron chi connectivity index (χ2n) is 16.0. The Morgan fingerprint density at radius 2 is 0.696 bits per heavy atom. The highest BCUT2D eigenvalue weighted by atomic mass is 16.6. The minimum Gasteiger partial charge on any atom is -0.462 e. The minimum atomic E-state index is -0.768. The molecule has 0 N–H and O–H groups in total. The van der Waals surface area contributed by atoms with Gasteiger partial charge in [-0.05, 0) is 51.4 Å². The van der Waals surface area contributed by atoms with Gasteiger partial charge in [0.15, 0.2) is 6.10 Å². The molecule has 0 spiro atoms. The number of hydrogen-bond acceptors (Lipinski definition) is 6. The van der Waals surface area contributed by atoms with Crippen molar-refractivity contribution in [2.24, 2.45) is 0 Å². The molecule has 0 bridgehead atoms. The number of esters is 3. The lowest BCUT2D eigenvalue weighted by Gasteiger charge is -2.18. The Bertz CT molecular complexity index is 953.